The number of hydrogen-bond acceptors (Lipinski definition) is 3. The van der Waals surface area contributed by atoms with Crippen LogP contribution in [0.2, 0.25) is 0 Å². The van der Waals surface area contributed by atoms with Gasteiger partial charge in [0, 0.05) is 21.8 Å². The third kappa shape index (κ3) is 4.22. The Kier molecular flexibility index (Phi) is 5.83. The number of nitrogens with one attached hydrogen (secondary N) is 2. The van der Waals surface area contributed by atoms with Gasteiger partial charge in [-0.1, -0.05) is 72.3 Å². The first-order valence-corrected chi connectivity index (χ1v) is 13.6. The molecule has 0 unspecified atom stereocenters. The van der Waals surface area contributed by atoms with E-state index in [1.165, 1.54) is 11.1 Å². The van der Waals surface area contributed by atoms with Crippen LogP contribution in [0.3, 0.4) is 0 Å². The molecule has 0 amide bonds. The van der Waals surface area contributed by atoms with E-state index in [9.17, 15) is 8.42 Å². The van der Waals surface area contributed by atoms with Gasteiger partial charge >= 0.3 is 0 Å². The highest BCUT2D eigenvalue weighted by molar-refractivity contribution is 9.10. The minimum absolute atomic E-state index is 0.160. The summed E-state index contributed by atoms with van der Waals surface area (Å²) in [5.74, 6) is 0.918. The van der Waals surface area contributed by atoms with Gasteiger partial charge in [-0.3, -0.25) is 4.72 Å². The van der Waals surface area contributed by atoms with Crippen LogP contribution in [-0.4, -0.2) is 8.42 Å². The minimum Gasteiger partial charge on any atom is -0.378 e. The number of benzene rings is 3. The van der Waals surface area contributed by atoms with Crippen LogP contribution in [0, 0.1) is 5.92 Å². The fourth-order valence-electron chi connectivity index (χ4n) is 4.92. The fourth-order valence-corrected chi connectivity index (χ4v) is 6.55. The smallest absolute Gasteiger partial charge is 0.261 e. The maximum absolute atomic E-state index is 13.2. The third-order valence-electron chi connectivity index (χ3n) is 6.71. The minimum atomic E-state index is -3.69. The normalized spacial score (nSPS) is 21.4. The lowest BCUT2D eigenvalue weighted by Gasteiger charge is -2.38. The van der Waals surface area contributed by atoms with Crippen molar-refractivity contribution in [2.24, 2.45) is 5.92 Å². The SMILES string of the molecule is CC(C)c1ccc(NS(=O)(=O)c2ccc3c(c2)[C@H]2C=CC[C@H]2[C@@H](c2ccccc2Br)N3)cc1. The van der Waals surface area contributed by atoms with Gasteiger partial charge in [0.05, 0.1) is 10.9 Å². The second-order valence-electron chi connectivity index (χ2n) is 9.13. The highest BCUT2D eigenvalue weighted by Gasteiger charge is 2.39. The first-order chi connectivity index (χ1) is 15.8. The second-order valence-corrected chi connectivity index (χ2v) is 11.7. The molecule has 170 valence electrons. The molecule has 2 N–H and O–H groups in total. The number of fused-ring (bicyclic) bond motifs is 3. The monoisotopic (exact) mass is 522 g/mol. The predicted molar refractivity (Wildman–Crippen MR) is 138 cm³/mol. The van der Waals surface area contributed by atoms with E-state index in [0.717, 1.165) is 22.1 Å². The van der Waals surface area contributed by atoms with Gasteiger partial charge in [-0.15, -0.1) is 0 Å². The van der Waals surface area contributed by atoms with E-state index < -0.39 is 10.0 Å². The number of allylic oxidation sites excluding steroid dienone is 2. The molecule has 33 heavy (non-hydrogen) atoms. The van der Waals surface area contributed by atoms with E-state index in [1.807, 2.05) is 42.5 Å². The Hall–Kier alpha value is -2.57. The van der Waals surface area contributed by atoms with Gasteiger partial charge in [-0.25, -0.2) is 8.42 Å². The predicted octanol–water partition coefficient (Wildman–Crippen LogP) is 7.20. The summed E-state index contributed by atoms with van der Waals surface area (Å²) < 4.78 is 30.2. The zero-order valence-electron chi connectivity index (χ0n) is 18.6. The quantitative estimate of drug-likeness (QED) is 0.348. The summed E-state index contributed by atoms with van der Waals surface area (Å²) in [6, 6.07) is 21.5. The fraction of sp³-hybridized carbons (Fsp3) is 0.259. The molecule has 0 saturated carbocycles. The maximum Gasteiger partial charge on any atom is 0.261 e. The van der Waals surface area contributed by atoms with Crippen molar-refractivity contribution in [1.82, 2.24) is 0 Å². The molecule has 3 aromatic rings. The molecule has 0 fully saturated rings. The number of sulfonamides is 1. The van der Waals surface area contributed by atoms with Crippen molar-refractivity contribution in [3.63, 3.8) is 0 Å². The number of halogens is 1. The van der Waals surface area contributed by atoms with Crippen molar-refractivity contribution >= 4 is 37.3 Å². The van der Waals surface area contributed by atoms with Crippen LogP contribution in [-0.2, 0) is 10.0 Å². The molecule has 3 aromatic carbocycles. The molecule has 2 aliphatic rings. The van der Waals surface area contributed by atoms with Crippen LogP contribution in [0.25, 0.3) is 0 Å². The molecule has 0 bridgehead atoms. The van der Waals surface area contributed by atoms with Gasteiger partial charge in [0.2, 0.25) is 0 Å². The van der Waals surface area contributed by atoms with Crippen molar-refractivity contribution in [1.29, 1.82) is 0 Å². The van der Waals surface area contributed by atoms with Crippen molar-refractivity contribution in [3.8, 4) is 0 Å². The average molecular weight is 523 g/mol. The van der Waals surface area contributed by atoms with Crippen LogP contribution in [0.5, 0.6) is 0 Å². The van der Waals surface area contributed by atoms with Gasteiger partial charge < -0.3 is 5.32 Å². The molecule has 4 nitrogen and oxygen atoms in total. The van der Waals surface area contributed by atoms with Crippen LogP contribution >= 0.6 is 15.9 Å². The van der Waals surface area contributed by atoms with E-state index in [1.54, 1.807) is 6.07 Å². The van der Waals surface area contributed by atoms with E-state index in [2.05, 4.69) is 70.2 Å². The zero-order chi connectivity index (χ0) is 23.2. The summed E-state index contributed by atoms with van der Waals surface area (Å²) >= 11 is 3.70. The summed E-state index contributed by atoms with van der Waals surface area (Å²) in [5, 5.41) is 3.69. The van der Waals surface area contributed by atoms with Crippen molar-refractivity contribution in [3.05, 3.63) is 100 Å². The lowest BCUT2D eigenvalue weighted by molar-refractivity contribution is 0.424. The molecular formula is C27H27BrN2O2S. The van der Waals surface area contributed by atoms with E-state index in [0.29, 0.717) is 17.5 Å². The number of anilines is 2. The standard InChI is InChI=1S/C27H27BrN2O2S/c1-17(2)18-10-12-19(13-11-18)30-33(31,32)20-14-15-26-24(16-20)21-7-5-8-22(21)27(29-26)23-6-3-4-9-25(23)28/h3-7,9-17,21-22,27,29-30H,8H2,1-2H3/t21-,22+,27-/m0/s1. The molecule has 0 spiro atoms. The van der Waals surface area contributed by atoms with Gasteiger partial charge in [0.1, 0.15) is 0 Å². The summed E-state index contributed by atoms with van der Waals surface area (Å²) in [4.78, 5) is 0.286. The zero-order valence-corrected chi connectivity index (χ0v) is 21.0. The van der Waals surface area contributed by atoms with E-state index in [4.69, 9.17) is 0 Å². The van der Waals surface area contributed by atoms with Crippen LogP contribution < -0.4 is 10.0 Å². The Morgan fingerprint density at radius 1 is 1.00 bits per heavy atom. The average Bonchev–Trinajstić information content (AvgIpc) is 3.29. The van der Waals surface area contributed by atoms with Crippen LogP contribution in [0.1, 0.15) is 54.8 Å². The Morgan fingerprint density at radius 3 is 2.48 bits per heavy atom. The first-order valence-electron chi connectivity index (χ1n) is 11.3. The number of hydrogen-bond donors (Lipinski definition) is 2. The summed E-state index contributed by atoms with van der Waals surface area (Å²) in [5.41, 5.74) is 5.00. The van der Waals surface area contributed by atoms with Gasteiger partial charge in [-0.2, -0.15) is 0 Å². The highest BCUT2D eigenvalue weighted by atomic mass is 79.9. The molecule has 0 aromatic heterocycles. The number of rotatable bonds is 5. The van der Waals surface area contributed by atoms with Crippen LogP contribution in [0.4, 0.5) is 11.4 Å². The lowest BCUT2D eigenvalue weighted by atomic mass is 9.77. The van der Waals surface area contributed by atoms with Crippen molar-refractivity contribution < 1.29 is 8.42 Å². The molecule has 1 aliphatic carbocycles. The molecule has 3 atom stereocenters. The van der Waals surface area contributed by atoms with Crippen molar-refractivity contribution in [2.45, 2.75) is 43.0 Å². The second kappa shape index (κ2) is 8.65. The van der Waals surface area contributed by atoms with E-state index in [-0.39, 0.29) is 16.9 Å². The molecule has 5 rings (SSSR count). The van der Waals surface area contributed by atoms with E-state index >= 15 is 0 Å². The third-order valence-corrected chi connectivity index (χ3v) is 8.82. The Morgan fingerprint density at radius 2 is 1.76 bits per heavy atom. The molecular weight excluding hydrogens is 496 g/mol. The molecule has 0 saturated heterocycles. The van der Waals surface area contributed by atoms with Crippen LogP contribution in [0.15, 0.2) is 88.3 Å². The topological polar surface area (TPSA) is 58.2 Å². The summed E-state index contributed by atoms with van der Waals surface area (Å²) in [6.07, 6.45) is 5.40. The molecule has 0 radical (unpaired) electrons. The Bertz CT molecular complexity index is 1320. The van der Waals surface area contributed by atoms with Gasteiger partial charge in [0.15, 0.2) is 0 Å². The maximum atomic E-state index is 13.2. The van der Waals surface area contributed by atoms with Gasteiger partial charge in [0.25, 0.3) is 10.0 Å². The summed E-state index contributed by atoms with van der Waals surface area (Å²) in [7, 11) is -3.69. The molecule has 1 heterocycles. The lowest BCUT2D eigenvalue weighted by Crippen LogP contribution is -2.29. The van der Waals surface area contributed by atoms with Gasteiger partial charge in [-0.05, 0) is 71.3 Å². The summed E-state index contributed by atoms with van der Waals surface area (Å²) in [6.45, 7) is 4.23. The Balaban J connectivity index is 1.46. The molecule has 6 heteroatoms. The highest BCUT2D eigenvalue weighted by Crippen LogP contribution is 2.51. The largest absolute Gasteiger partial charge is 0.378 e. The first kappa shape index (κ1) is 22.2. The Labute approximate surface area is 204 Å². The van der Waals surface area contributed by atoms with Crippen molar-refractivity contribution in [2.75, 3.05) is 10.0 Å². The molecule has 1 aliphatic heterocycles.